The molecular weight excluding hydrogens is 238 g/mol. The van der Waals surface area contributed by atoms with Gasteiger partial charge in [-0.2, -0.15) is 0 Å². The third-order valence-electron chi connectivity index (χ3n) is 3.36. The highest BCUT2D eigenvalue weighted by Gasteiger charge is 2.17. The number of likely N-dealkylation sites (N-methyl/N-ethyl adjacent to an activating group) is 1. The van der Waals surface area contributed by atoms with Gasteiger partial charge in [0.05, 0.1) is 19.8 Å². The van der Waals surface area contributed by atoms with Crippen LogP contribution in [0.2, 0.25) is 0 Å². The minimum absolute atomic E-state index is 0.277. The summed E-state index contributed by atoms with van der Waals surface area (Å²) in [6, 6.07) is 8.53. The summed E-state index contributed by atoms with van der Waals surface area (Å²) in [7, 11) is 1.69. The highest BCUT2D eigenvalue weighted by atomic mass is 16.5. The summed E-state index contributed by atoms with van der Waals surface area (Å²) in [5, 5.41) is 3.50. The van der Waals surface area contributed by atoms with E-state index >= 15 is 0 Å². The zero-order chi connectivity index (χ0) is 13.5. The van der Waals surface area contributed by atoms with E-state index in [0.717, 1.165) is 43.9 Å². The monoisotopic (exact) mass is 261 g/mol. The molecule has 0 aromatic heterocycles. The predicted molar refractivity (Wildman–Crippen MR) is 77.4 cm³/mol. The van der Waals surface area contributed by atoms with Crippen molar-refractivity contribution in [2.45, 2.75) is 32.2 Å². The van der Waals surface area contributed by atoms with E-state index in [9.17, 15) is 0 Å². The molecule has 0 radical (unpaired) electrons. The fraction of sp³-hybridized carbons (Fsp3) is 0.500. The molecule has 1 heterocycles. The van der Waals surface area contributed by atoms with Gasteiger partial charge in [-0.1, -0.05) is 19.1 Å². The van der Waals surface area contributed by atoms with Gasteiger partial charge < -0.3 is 14.8 Å². The maximum Gasteiger partial charge on any atom is 0.118 e. The molecule has 1 N–H and O–H groups in total. The second kappa shape index (κ2) is 7.19. The molecule has 0 aliphatic carbocycles. The van der Waals surface area contributed by atoms with E-state index < -0.39 is 0 Å². The molecular formula is C16H23NO2. The van der Waals surface area contributed by atoms with Crippen molar-refractivity contribution in [3.63, 3.8) is 0 Å². The van der Waals surface area contributed by atoms with E-state index in [0.29, 0.717) is 0 Å². The first-order chi connectivity index (χ1) is 9.33. The molecule has 1 aliphatic heterocycles. The minimum atomic E-state index is 0.277. The molecule has 2 rings (SSSR count). The van der Waals surface area contributed by atoms with Crippen LogP contribution in [-0.2, 0) is 11.2 Å². The zero-order valence-electron chi connectivity index (χ0n) is 11.8. The van der Waals surface area contributed by atoms with Crippen LogP contribution in [0.1, 0.15) is 25.3 Å². The molecule has 0 saturated heterocycles. The average molecular weight is 261 g/mol. The number of benzene rings is 1. The summed E-state index contributed by atoms with van der Waals surface area (Å²) in [5.74, 6) is 2.00. The summed E-state index contributed by atoms with van der Waals surface area (Å²) in [6.07, 6.45) is 5.43. The van der Waals surface area contributed by atoms with Crippen LogP contribution in [0.3, 0.4) is 0 Å². The number of rotatable bonds is 6. The van der Waals surface area contributed by atoms with Gasteiger partial charge in [-0.05, 0) is 49.6 Å². The van der Waals surface area contributed by atoms with Crippen molar-refractivity contribution >= 4 is 0 Å². The van der Waals surface area contributed by atoms with Crippen LogP contribution < -0.4 is 10.1 Å². The van der Waals surface area contributed by atoms with Crippen LogP contribution in [0.5, 0.6) is 5.75 Å². The molecule has 0 amide bonds. The van der Waals surface area contributed by atoms with Gasteiger partial charge in [0.15, 0.2) is 0 Å². The highest BCUT2D eigenvalue weighted by molar-refractivity contribution is 5.28. The van der Waals surface area contributed by atoms with Gasteiger partial charge >= 0.3 is 0 Å². The lowest BCUT2D eigenvalue weighted by molar-refractivity contribution is 0.167. The largest absolute Gasteiger partial charge is 0.497 e. The Morgan fingerprint density at radius 2 is 2.11 bits per heavy atom. The number of hydrogen-bond donors (Lipinski definition) is 1. The van der Waals surface area contributed by atoms with Crippen LogP contribution in [0.4, 0.5) is 0 Å². The van der Waals surface area contributed by atoms with Crippen LogP contribution in [0.25, 0.3) is 0 Å². The Balaban J connectivity index is 2.04. The normalized spacial score (nSPS) is 16.4. The van der Waals surface area contributed by atoms with Crippen molar-refractivity contribution in [2.75, 3.05) is 20.3 Å². The lowest BCUT2D eigenvalue weighted by atomic mass is 10.0. The summed E-state index contributed by atoms with van der Waals surface area (Å²) in [4.78, 5) is 0. The van der Waals surface area contributed by atoms with Gasteiger partial charge in [0.25, 0.3) is 0 Å². The van der Waals surface area contributed by atoms with Crippen molar-refractivity contribution < 1.29 is 9.47 Å². The molecule has 1 aliphatic rings. The van der Waals surface area contributed by atoms with E-state index in [1.54, 1.807) is 7.11 Å². The minimum Gasteiger partial charge on any atom is -0.497 e. The fourth-order valence-electron chi connectivity index (χ4n) is 2.34. The molecule has 1 atom stereocenters. The molecule has 0 saturated carbocycles. The highest BCUT2D eigenvalue weighted by Crippen LogP contribution is 2.19. The molecule has 1 unspecified atom stereocenters. The molecule has 0 fully saturated rings. The third kappa shape index (κ3) is 4.00. The van der Waals surface area contributed by atoms with Gasteiger partial charge in [0.2, 0.25) is 0 Å². The first kappa shape index (κ1) is 13.9. The van der Waals surface area contributed by atoms with Gasteiger partial charge in [0.1, 0.15) is 11.5 Å². The Morgan fingerprint density at radius 1 is 1.32 bits per heavy atom. The molecule has 1 aromatic rings. The topological polar surface area (TPSA) is 30.5 Å². The molecule has 104 valence electrons. The summed E-state index contributed by atoms with van der Waals surface area (Å²) < 4.78 is 11.0. The second-order valence-corrected chi connectivity index (χ2v) is 4.76. The molecule has 3 heteroatoms. The number of ether oxygens (including phenoxy) is 2. The predicted octanol–water partition coefficient (Wildman–Crippen LogP) is 2.91. The first-order valence-corrected chi connectivity index (χ1v) is 7.02. The van der Waals surface area contributed by atoms with Crippen molar-refractivity contribution in [3.8, 4) is 5.75 Å². The Labute approximate surface area is 115 Å². The zero-order valence-corrected chi connectivity index (χ0v) is 11.8. The van der Waals surface area contributed by atoms with Gasteiger partial charge in [0, 0.05) is 0 Å². The first-order valence-electron chi connectivity index (χ1n) is 7.02. The Morgan fingerprint density at radius 3 is 2.68 bits per heavy atom. The Bertz CT molecular complexity index is 411. The van der Waals surface area contributed by atoms with E-state index in [1.165, 1.54) is 5.56 Å². The molecule has 0 bridgehead atoms. The molecule has 19 heavy (non-hydrogen) atoms. The van der Waals surface area contributed by atoms with E-state index in [-0.39, 0.29) is 6.04 Å². The van der Waals surface area contributed by atoms with Crippen molar-refractivity contribution in [2.24, 2.45) is 0 Å². The lowest BCUT2D eigenvalue weighted by Gasteiger charge is -2.24. The van der Waals surface area contributed by atoms with Crippen LogP contribution in [0, 0.1) is 0 Å². The molecule has 3 nitrogen and oxygen atoms in total. The summed E-state index contributed by atoms with van der Waals surface area (Å²) >= 11 is 0. The van der Waals surface area contributed by atoms with Gasteiger partial charge in [-0.25, -0.2) is 0 Å². The quantitative estimate of drug-likeness (QED) is 0.854. The fourth-order valence-corrected chi connectivity index (χ4v) is 2.34. The number of allylic oxidation sites excluding steroid dienone is 1. The molecule has 0 spiro atoms. The number of hydrogen-bond acceptors (Lipinski definition) is 3. The van der Waals surface area contributed by atoms with Gasteiger partial charge in [-0.3, -0.25) is 0 Å². The lowest BCUT2D eigenvalue weighted by Crippen LogP contribution is -2.34. The Hall–Kier alpha value is -1.48. The van der Waals surface area contributed by atoms with E-state index in [2.05, 4.69) is 30.4 Å². The maximum atomic E-state index is 5.78. The number of nitrogens with one attached hydrogen (secondary N) is 1. The Kier molecular flexibility index (Phi) is 5.28. The standard InChI is InChI=1S/C16H23NO2/c1-3-17-15(16-6-4-5-11-19-16)12-13-7-9-14(18-2)10-8-13/h6-10,15,17H,3-5,11-12H2,1-2H3. The van der Waals surface area contributed by atoms with Crippen molar-refractivity contribution in [1.29, 1.82) is 0 Å². The maximum absolute atomic E-state index is 5.78. The summed E-state index contributed by atoms with van der Waals surface area (Å²) in [5.41, 5.74) is 1.29. The van der Waals surface area contributed by atoms with E-state index in [4.69, 9.17) is 9.47 Å². The second-order valence-electron chi connectivity index (χ2n) is 4.76. The van der Waals surface area contributed by atoms with Crippen molar-refractivity contribution in [3.05, 3.63) is 41.7 Å². The molecule has 1 aromatic carbocycles. The smallest absolute Gasteiger partial charge is 0.118 e. The van der Waals surface area contributed by atoms with Gasteiger partial charge in [-0.15, -0.1) is 0 Å². The third-order valence-corrected chi connectivity index (χ3v) is 3.36. The van der Waals surface area contributed by atoms with Crippen LogP contribution in [0.15, 0.2) is 36.1 Å². The average Bonchev–Trinajstić information content (AvgIpc) is 2.48. The SMILES string of the molecule is CCNC(Cc1ccc(OC)cc1)C1=CCCCO1. The van der Waals surface area contributed by atoms with E-state index in [1.807, 2.05) is 12.1 Å². The van der Waals surface area contributed by atoms with Crippen molar-refractivity contribution in [1.82, 2.24) is 5.32 Å². The summed E-state index contributed by atoms with van der Waals surface area (Å²) in [6.45, 7) is 3.92. The number of methoxy groups -OCH3 is 1. The van der Waals surface area contributed by atoms with Crippen LogP contribution in [-0.4, -0.2) is 26.3 Å². The van der Waals surface area contributed by atoms with Crippen LogP contribution >= 0.6 is 0 Å².